The molecule has 0 saturated heterocycles. The maximum atomic E-state index is 12.1. The molecule has 0 bridgehead atoms. The van der Waals surface area contributed by atoms with Gasteiger partial charge >= 0.3 is 0 Å². The van der Waals surface area contributed by atoms with Gasteiger partial charge in [0, 0.05) is 18.2 Å². The maximum absolute atomic E-state index is 12.1. The van der Waals surface area contributed by atoms with Gasteiger partial charge in [-0.05, 0) is 38.3 Å². The van der Waals surface area contributed by atoms with E-state index in [9.17, 15) is 4.79 Å². The molecule has 17 heavy (non-hydrogen) atoms. The van der Waals surface area contributed by atoms with Crippen LogP contribution >= 0.6 is 0 Å². The number of hydrogen-bond acceptors (Lipinski definition) is 1. The lowest BCUT2D eigenvalue weighted by Crippen LogP contribution is -2.37. The van der Waals surface area contributed by atoms with E-state index in [2.05, 4.69) is 13.8 Å². The van der Waals surface area contributed by atoms with E-state index in [0.29, 0.717) is 6.04 Å². The van der Waals surface area contributed by atoms with Crippen LogP contribution in [-0.2, 0) is 4.79 Å². The van der Waals surface area contributed by atoms with E-state index in [-0.39, 0.29) is 11.9 Å². The number of carbonyl (C=O) groups is 1. The average Bonchev–Trinajstić information content (AvgIpc) is 3.12. The van der Waals surface area contributed by atoms with Crippen molar-refractivity contribution >= 4 is 12.0 Å². The number of benzene rings is 1. The summed E-state index contributed by atoms with van der Waals surface area (Å²) >= 11 is 0. The standard InChI is InChI=1S/C15H19NO/c1-12(2)16(14-9-10-14)15(17)11-8-13-6-4-3-5-7-13/h3-8,11-12,14H,9-10H2,1-2H3/b11-8+. The van der Waals surface area contributed by atoms with Crippen LogP contribution in [0, 0.1) is 0 Å². The molecule has 1 fully saturated rings. The van der Waals surface area contributed by atoms with E-state index in [4.69, 9.17) is 0 Å². The number of hydrogen-bond donors (Lipinski definition) is 0. The molecule has 2 heteroatoms. The summed E-state index contributed by atoms with van der Waals surface area (Å²) in [6, 6.07) is 10.7. The van der Waals surface area contributed by atoms with Crippen molar-refractivity contribution in [2.45, 2.75) is 38.8 Å². The third-order valence-electron chi connectivity index (χ3n) is 2.97. The Balaban J connectivity index is 2.02. The van der Waals surface area contributed by atoms with Crippen LogP contribution in [0.2, 0.25) is 0 Å². The van der Waals surface area contributed by atoms with Crippen molar-refractivity contribution in [2.75, 3.05) is 0 Å². The van der Waals surface area contributed by atoms with Gasteiger partial charge in [0.05, 0.1) is 0 Å². The Hall–Kier alpha value is -1.57. The van der Waals surface area contributed by atoms with E-state index in [1.807, 2.05) is 41.3 Å². The summed E-state index contributed by atoms with van der Waals surface area (Å²) in [5.74, 6) is 0.131. The minimum Gasteiger partial charge on any atom is -0.334 e. The molecule has 1 aliphatic carbocycles. The predicted octanol–water partition coefficient (Wildman–Crippen LogP) is 3.10. The molecule has 90 valence electrons. The molecule has 0 radical (unpaired) electrons. The molecule has 0 aliphatic heterocycles. The second-order valence-electron chi connectivity index (χ2n) is 4.81. The molecule has 1 aromatic carbocycles. The minimum atomic E-state index is 0.131. The Bertz CT molecular complexity index is 402. The molecule has 0 spiro atoms. The lowest BCUT2D eigenvalue weighted by molar-refractivity contribution is -0.128. The lowest BCUT2D eigenvalue weighted by Gasteiger charge is -2.25. The number of nitrogens with zero attached hydrogens (tertiary/aromatic N) is 1. The molecule has 0 heterocycles. The first-order chi connectivity index (χ1) is 8.18. The van der Waals surface area contributed by atoms with Crippen LogP contribution in [0.4, 0.5) is 0 Å². The topological polar surface area (TPSA) is 20.3 Å². The minimum absolute atomic E-state index is 0.131. The van der Waals surface area contributed by atoms with Gasteiger partial charge in [-0.1, -0.05) is 30.3 Å². The van der Waals surface area contributed by atoms with Crippen molar-refractivity contribution in [3.05, 3.63) is 42.0 Å². The summed E-state index contributed by atoms with van der Waals surface area (Å²) in [5, 5.41) is 0. The summed E-state index contributed by atoms with van der Waals surface area (Å²) in [6.07, 6.45) is 5.89. The van der Waals surface area contributed by atoms with Crippen molar-refractivity contribution in [2.24, 2.45) is 0 Å². The first-order valence-corrected chi connectivity index (χ1v) is 6.24. The third-order valence-corrected chi connectivity index (χ3v) is 2.97. The molecule has 1 aromatic rings. The third kappa shape index (κ3) is 3.19. The van der Waals surface area contributed by atoms with Crippen LogP contribution in [0.5, 0.6) is 0 Å². The number of rotatable bonds is 4. The molecule has 2 nitrogen and oxygen atoms in total. The Morgan fingerprint density at radius 1 is 1.29 bits per heavy atom. The lowest BCUT2D eigenvalue weighted by atomic mass is 10.2. The fourth-order valence-corrected chi connectivity index (χ4v) is 2.03. The van der Waals surface area contributed by atoms with Gasteiger partial charge in [-0.2, -0.15) is 0 Å². The van der Waals surface area contributed by atoms with E-state index in [1.54, 1.807) is 6.08 Å². The largest absolute Gasteiger partial charge is 0.334 e. The highest BCUT2D eigenvalue weighted by Crippen LogP contribution is 2.28. The van der Waals surface area contributed by atoms with Gasteiger partial charge in [-0.25, -0.2) is 0 Å². The average molecular weight is 229 g/mol. The zero-order chi connectivity index (χ0) is 12.3. The smallest absolute Gasteiger partial charge is 0.247 e. The first-order valence-electron chi connectivity index (χ1n) is 6.24. The molecule has 0 N–H and O–H groups in total. The fourth-order valence-electron chi connectivity index (χ4n) is 2.03. The van der Waals surface area contributed by atoms with Gasteiger partial charge in [0.2, 0.25) is 5.91 Å². The zero-order valence-corrected chi connectivity index (χ0v) is 10.5. The number of amides is 1. The van der Waals surface area contributed by atoms with Gasteiger partial charge < -0.3 is 4.90 Å². The maximum Gasteiger partial charge on any atom is 0.247 e. The number of carbonyl (C=O) groups excluding carboxylic acids is 1. The highest BCUT2D eigenvalue weighted by atomic mass is 16.2. The van der Waals surface area contributed by atoms with Crippen LogP contribution in [0.15, 0.2) is 36.4 Å². The summed E-state index contributed by atoms with van der Waals surface area (Å²) in [6.45, 7) is 4.15. The molecule has 0 unspecified atom stereocenters. The molecule has 1 saturated carbocycles. The SMILES string of the molecule is CC(C)N(C(=O)/C=C/c1ccccc1)C1CC1. The van der Waals surface area contributed by atoms with E-state index in [1.165, 1.54) is 0 Å². The summed E-state index contributed by atoms with van der Waals surface area (Å²) < 4.78 is 0. The van der Waals surface area contributed by atoms with Crippen molar-refractivity contribution in [1.29, 1.82) is 0 Å². The molecule has 2 rings (SSSR count). The van der Waals surface area contributed by atoms with E-state index >= 15 is 0 Å². The van der Waals surface area contributed by atoms with Crippen molar-refractivity contribution in [3.63, 3.8) is 0 Å². The van der Waals surface area contributed by atoms with Gasteiger partial charge in [0.25, 0.3) is 0 Å². The summed E-state index contributed by atoms with van der Waals surface area (Å²) in [7, 11) is 0. The monoisotopic (exact) mass is 229 g/mol. The van der Waals surface area contributed by atoms with Gasteiger partial charge in [0.1, 0.15) is 0 Å². The predicted molar refractivity (Wildman–Crippen MR) is 70.5 cm³/mol. The second-order valence-corrected chi connectivity index (χ2v) is 4.81. The van der Waals surface area contributed by atoms with Crippen molar-refractivity contribution in [3.8, 4) is 0 Å². The van der Waals surface area contributed by atoms with Gasteiger partial charge in [-0.15, -0.1) is 0 Å². The van der Waals surface area contributed by atoms with Crippen molar-refractivity contribution in [1.82, 2.24) is 4.90 Å². The molecule has 0 aromatic heterocycles. The van der Waals surface area contributed by atoms with Crippen LogP contribution < -0.4 is 0 Å². The normalized spacial score (nSPS) is 15.5. The quantitative estimate of drug-likeness (QED) is 0.726. The summed E-state index contributed by atoms with van der Waals surface area (Å²) in [4.78, 5) is 14.1. The highest BCUT2D eigenvalue weighted by molar-refractivity contribution is 5.92. The Kier molecular flexibility index (Phi) is 3.62. The van der Waals surface area contributed by atoms with Gasteiger partial charge in [0.15, 0.2) is 0 Å². The molecule has 1 aliphatic rings. The Labute approximate surface area is 103 Å². The Morgan fingerprint density at radius 3 is 2.47 bits per heavy atom. The van der Waals surface area contributed by atoms with Gasteiger partial charge in [-0.3, -0.25) is 4.79 Å². The van der Waals surface area contributed by atoms with E-state index in [0.717, 1.165) is 18.4 Å². The molecular weight excluding hydrogens is 210 g/mol. The second kappa shape index (κ2) is 5.17. The zero-order valence-electron chi connectivity index (χ0n) is 10.5. The fraction of sp³-hybridized carbons (Fsp3) is 0.400. The molecule has 0 atom stereocenters. The van der Waals surface area contributed by atoms with E-state index < -0.39 is 0 Å². The Morgan fingerprint density at radius 2 is 1.94 bits per heavy atom. The van der Waals surface area contributed by atoms with Crippen LogP contribution in [0.1, 0.15) is 32.3 Å². The van der Waals surface area contributed by atoms with Crippen molar-refractivity contribution < 1.29 is 4.79 Å². The first kappa shape index (κ1) is 11.9. The summed E-state index contributed by atoms with van der Waals surface area (Å²) in [5.41, 5.74) is 1.07. The van der Waals surface area contributed by atoms with Crippen LogP contribution in [0.3, 0.4) is 0 Å². The van der Waals surface area contributed by atoms with Crippen LogP contribution in [-0.4, -0.2) is 22.9 Å². The molecule has 1 amide bonds. The highest BCUT2D eigenvalue weighted by Gasteiger charge is 2.32. The van der Waals surface area contributed by atoms with Crippen LogP contribution in [0.25, 0.3) is 6.08 Å². The molecular formula is C15H19NO.